The molecule has 1 aromatic carbocycles. The van der Waals surface area contributed by atoms with Gasteiger partial charge in [0.15, 0.2) is 0 Å². The minimum absolute atomic E-state index is 0.283. The van der Waals surface area contributed by atoms with Crippen LogP contribution in [0.2, 0.25) is 5.02 Å². The first kappa shape index (κ1) is 12.6. The summed E-state index contributed by atoms with van der Waals surface area (Å²) in [7, 11) is 0. The van der Waals surface area contributed by atoms with Gasteiger partial charge in [-0.25, -0.2) is 4.98 Å². The molecule has 2 aromatic heterocycles. The average Bonchev–Trinajstić information content (AvgIpc) is 2.49. The van der Waals surface area contributed by atoms with Crippen LogP contribution in [0, 0.1) is 0 Å². The van der Waals surface area contributed by atoms with E-state index in [1.165, 1.54) is 0 Å². The minimum Gasteiger partial charge on any atom is -0.423 e. The van der Waals surface area contributed by atoms with Gasteiger partial charge in [0.1, 0.15) is 5.75 Å². The van der Waals surface area contributed by atoms with Crippen LogP contribution in [0.25, 0.3) is 11.3 Å². The molecule has 0 atom stereocenters. The largest absolute Gasteiger partial charge is 0.423 e. The molecule has 0 radical (unpaired) electrons. The molecule has 2 heterocycles. The van der Waals surface area contributed by atoms with Gasteiger partial charge in [-0.15, -0.1) is 0 Å². The van der Waals surface area contributed by atoms with Crippen LogP contribution in [0.3, 0.4) is 0 Å². The second-order valence-electron chi connectivity index (χ2n) is 4.02. The fraction of sp³-hybridized carbons (Fsp3) is 0. The number of benzene rings is 1. The minimum atomic E-state index is 0.283. The van der Waals surface area contributed by atoms with Crippen molar-refractivity contribution < 1.29 is 4.74 Å². The second kappa shape index (κ2) is 5.67. The maximum atomic E-state index is 5.87. The predicted molar refractivity (Wildman–Crippen MR) is 76.8 cm³/mol. The summed E-state index contributed by atoms with van der Waals surface area (Å²) >= 11 is 5.87. The molecule has 0 unspecified atom stereocenters. The molecule has 0 aliphatic carbocycles. The van der Waals surface area contributed by atoms with Gasteiger partial charge in [-0.2, -0.15) is 4.98 Å². The predicted octanol–water partition coefficient (Wildman–Crippen LogP) is 3.98. The van der Waals surface area contributed by atoms with E-state index in [1.807, 2.05) is 30.3 Å². The first-order valence-electron chi connectivity index (χ1n) is 5.98. The third-order valence-electron chi connectivity index (χ3n) is 2.62. The van der Waals surface area contributed by atoms with Crippen molar-refractivity contribution in [2.45, 2.75) is 0 Å². The van der Waals surface area contributed by atoms with E-state index in [9.17, 15) is 0 Å². The lowest BCUT2D eigenvalue weighted by Crippen LogP contribution is -1.93. The topological polar surface area (TPSA) is 47.9 Å². The Morgan fingerprint density at radius 1 is 0.950 bits per heavy atom. The van der Waals surface area contributed by atoms with Crippen LogP contribution in [-0.4, -0.2) is 15.0 Å². The van der Waals surface area contributed by atoms with Gasteiger partial charge >= 0.3 is 6.01 Å². The highest BCUT2D eigenvalue weighted by molar-refractivity contribution is 6.30. The molecule has 4 nitrogen and oxygen atoms in total. The number of aromatic nitrogens is 3. The summed E-state index contributed by atoms with van der Waals surface area (Å²) in [6.07, 6.45) is 4.94. The summed E-state index contributed by atoms with van der Waals surface area (Å²) in [4.78, 5) is 12.4. The Bertz CT molecular complexity index is 702. The summed E-state index contributed by atoms with van der Waals surface area (Å²) in [5.74, 6) is 0.598. The average molecular weight is 284 g/mol. The van der Waals surface area contributed by atoms with E-state index in [1.54, 1.807) is 30.7 Å². The Balaban J connectivity index is 1.88. The van der Waals surface area contributed by atoms with Crippen LogP contribution in [0.15, 0.2) is 61.1 Å². The molecule has 0 saturated heterocycles. The molecule has 0 aliphatic rings. The molecule has 20 heavy (non-hydrogen) atoms. The number of ether oxygens (including phenoxy) is 1. The molecule has 3 rings (SSSR count). The van der Waals surface area contributed by atoms with Crippen LogP contribution < -0.4 is 4.74 Å². The number of halogens is 1. The normalized spacial score (nSPS) is 10.2. The van der Waals surface area contributed by atoms with E-state index in [0.717, 1.165) is 11.3 Å². The summed E-state index contributed by atoms with van der Waals surface area (Å²) in [5, 5.41) is 0.689. The molecule has 3 aromatic rings. The monoisotopic (exact) mass is 283 g/mol. The molecule has 0 bridgehead atoms. The first-order chi connectivity index (χ1) is 9.81. The van der Waals surface area contributed by atoms with Gasteiger partial charge in [0.2, 0.25) is 0 Å². The molecule has 5 heteroatoms. The van der Waals surface area contributed by atoms with Gasteiger partial charge in [0.05, 0.1) is 11.9 Å². The third-order valence-corrected chi connectivity index (χ3v) is 2.87. The van der Waals surface area contributed by atoms with Crippen molar-refractivity contribution in [1.82, 2.24) is 15.0 Å². The van der Waals surface area contributed by atoms with Gasteiger partial charge in [-0.1, -0.05) is 23.7 Å². The zero-order valence-electron chi connectivity index (χ0n) is 10.4. The fourth-order valence-electron chi connectivity index (χ4n) is 1.68. The van der Waals surface area contributed by atoms with Gasteiger partial charge in [0.25, 0.3) is 0 Å². The lowest BCUT2D eigenvalue weighted by Gasteiger charge is -2.05. The highest BCUT2D eigenvalue weighted by Crippen LogP contribution is 2.22. The number of rotatable bonds is 3. The van der Waals surface area contributed by atoms with Crippen molar-refractivity contribution in [2.24, 2.45) is 0 Å². The molecule has 0 aliphatic heterocycles. The molecule has 0 saturated carbocycles. The van der Waals surface area contributed by atoms with Crippen molar-refractivity contribution >= 4 is 11.6 Å². The number of hydrogen-bond acceptors (Lipinski definition) is 4. The fourth-order valence-corrected chi connectivity index (χ4v) is 1.81. The van der Waals surface area contributed by atoms with Gasteiger partial charge in [-0.05, 0) is 30.3 Å². The molecular weight excluding hydrogens is 274 g/mol. The van der Waals surface area contributed by atoms with Crippen LogP contribution in [0.1, 0.15) is 0 Å². The van der Waals surface area contributed by atoms with Crippen LogP contribution in [0.4, 0.5) is 0 Å². The van der Waals surface area contributed by atoms with Crippen molar-refractivity contribution in [3.05, 3.63) is 66.1 Å². The Labute approximate surface area is 121 Å². The summed E-state index contributed by atoms with van der Waals surface area (Å²) in [6, 6.07) is 13.1. The Morgan fingerprint density at radius 2 is 1.80 bits per heavy atom. The zero-order chi connectivity index (χ0) is 13.8. The molecular formula is C15H10ClN3O. The highest BCUT2D eigenvalue weighted by Gasteiger charge is 2.04. The van der Waals surface area contributed by atoms with Crippen molar-refractivity contribution in [1.29, 1.82) is 0 Å². The second-order valence-corrected chi connectivity index (χ2v) is 4.46. The molecule has 98 valence electrons. The third kappa shape index (κ3) is 2.92. The zero-order valence-corrected chi connectivity index (χ0v) is 11.2. The Morgan fingerprint density at radius 3 is 2.55 bits per heavy atom. The van der Waals surface area contributed by atoms with Crippen LogP contribution in [0.5, 0.6) is 11.8 Å². The Hall–Kier alpha value is -2.46. The van der Waals surface area contributed by atoms with Gasteiger partial charge in [0, 0.05) is 23.0 Å². The van der Waals surface area contributed by atoms with E-state index in [2.05, 4.69) is 15.0 Å². The van der Waals surface area contributed by atoms with E-state index in [4.69, 9.17) is 16.3 Å². The summed E-state index contributed by atoms with van der Waals surface area (Å²) < 4.78 is 5.55. The van der Waals surface area contributed by atoms with Crippen molar-refractivity contribution in [3.8, 4) is 23.0 Å². The summed E-state index contributed by atoms with van der Waals surface area (Å²) in [5.41, 5.74) is 1.73. The molecule has 0 amide bonds. The lowest BCUT2D eigenvalue weighted by molar-refractivity contribution is 0.440. The van der Waals surface area contributed by atoms with Crippen LogP contribution >= 0.6 is 11.6 Å². The smallest absolute Gasteiger partial charge is 0.322 e. The number of hydrogen-bond donors (Lipinski definition) is 0. The number of nitrogens with zero attached hydrogens (tertiary/aromatic N) is 3. The van der Waals surface area contributed by atoms with Crippen molar-refractivity contribution in [2.75, 3.05) is 0 Å². The first-order valence-corrected chi connectivity index (χ1v) is 6.36. The lowest BCUT2D eigenvalue weighted by atomic mass is 10.1. The standard InChI is InChI=1S/C15H10ClN3O/c16-12-5-3-11(4-6-12)14-7-9-18-15(19-14)20-13-2-1-8-17-10-13/h1-10H. The number of pyridine rings is 1. The van der Waals surface area contributed by atoms with E-state index >= 15 is 0 Å². The van der Waals surface area contributed by atoms with Crippen LogP contribution in [-0.2, 0) is 0 Å². The summed E-state index contributed by atoms with van der Waals surface area (Å²) in [6.45, 7) is 0. The molecule has 0 N–H and O–H groups in total. The molecule has 0 spiro atoms. The van der Waals surface area contributed by atoms with E-state index in [0.29, 0.717) is 10.8 Å². The SMILES string of the molecule is Clc1ccc(-c2ccnc(Oc3cccnc3)n2)cc1. The van der Waals surface area contributed by atoms with Crippen molar-refractivity contribution in [3.63, 3.8) is 0 Å². The maximum absolute atomic E-state index is 5.87. The van der Waals surface area contributed by atoms with Gasteiger partial charge < -0.3 is 4.74 Å². The molecule has 0 fully saturated rings. The highest BCUT2D eigenvalue weighted by atomic mass is 35.5. The van der Waals surface area contributed by atoms with E-state index in [-0.39, 0.29) is 6.01 Å². The van der Waals surface area contributed by atoms with Gasteiger partial charge in [-0.3, -0.25) is 4.98 Å². The Kier molecular flexibility index (Phi) is 3.56. The maximum Gasteiger partial charge on any atom is 0.322 e. The quantitative estimate of drug-likeness (QED) is 0.729. The van der Waals surface area contributed by atoms with E-state index < -0.39 is 0 Å².